The zero-order valence-electron chi connectivity index (χ0n) is 18.7. The molecule has 0 spiro atoms. The molecule has 0 aromatic heterocycles. The maximum Gasteiger partial charge on any atom is 0.231 e. The molecule has 0 aliphatic carbocycles. The Morgan fingerprint density at radius 3 is 1.74 bits per heavy atom. The average molecular weight is 502 g/mol. The molecule has 0 fully saturated rings. The summed E-state index contributed by atoms with van der Waals surface area (Å²) in [5.41, 5.74) is 1.14. The highest BCUT2D eigenvalue weighted by atomic mass is 35.5. The van der Waals surface area contributed by atoms with Crippen LogP contribution < -0.4 is 0 Å². The smallest absolute Gasteiger partial charge is 0.231 e. The van der Waals surface area contributed by atoms with Crippen molar-refractivity contribution in [3.05, 3.63) is 67.2 Å². The third-order valence-electron chi connectivity index (χ3n) is 5.32. The van der Waals surface area contributed by atoms with Gasteiger partial charge in [0, 0.05) is 16.7 Å². The van der Waals surface area contributed by atoms with Gasteiger partial charge in [0.2, 0.25) is 18.2 Å². The second-order valence-electron chi connectivity index (χ2n) is 8.91. The second kappa shape index (κ2) is 9.79. The van der Waals surface area contributed by atoms with E-state index in [1.54, 1.807) is 0 Å². The van der Waals surface area contributed by atoms with Crippen LogP contribution in [0.15, 0.2) is 24.3 Å². The van der Waals surface area contributed by atoms with E-state index in [-0.39, 0.29) is 32.2 Å². The van der Waals surface area contributed by atoms with Crippen LogP contribution in [0.25, 0.3) is 0 Å². The molecule has 0 saturated carbocycles. The van der Waals surface area contributed by atoms with Crippen LogP contribution in [-0.4, -0.2) is 17.2 Å². The molecule has 1 unspecified atom stereocenters. The quantitative estimate of drug-likeness (QED) is 0.356. The fourth-order valence-electron chi connectivity index (χ4n) is 3.52. The lowest BCUT2D eigenvalue weighted by Gasteiger charge is -2.24. The van der Waals surface area contributed by atoms with E-state index < -0.39 is 18.2 Å². The summed E-state index contributed by atoms with van der Waals surface area (Å²) in [5.74, 6) is 0. The fourth-order valence-corrected chi connectivity index (χ4v) is 7.31. The standard InChI is InChI=1S/C24H28Cl3O3P/c1-7-8-9-31(30,23(29)21-18(26)12-17(25)13-19(21)27)22(28)20-14(2)10-16(11-15(20)3)24(4,5)6/h10-13H,7-9H2,1-6H3. The Morgan fingerprint density at radius 1 is 0.871 bits per heavy atom. The highest BCUT2D eigenvalue weighted by Crippen LogP contribution is 2.55. The molecule has 0 amide bonds. The number of hydrogen-bond donors (Lipinski definition) is 0. The van der Waals surface area contributed by atoms with E-state index in [4.69, 9.17) is 34.8 Å². The van der Waals surface area contributed by atoms with Gasteiger partial charge in [-0.05, 0) is 54.5 Å². The molecular weight excluding hydrogens is 474 g/mol. The van der Waals surface area contributed by atoms with Gasteiger partial charge in [-0.15, -0.1) is 0 Å². The zero-order chi connectivity index (χ0) is 23.7. The molecule has 0 aliphatic heterocycles. The topological polar surface area (TPSA) is 51.2 Å². The number of hydrogen-bond acceptors (Lipinski definition) is 3. The van der Waals surface area contributed by atoms with E-state index in [1.807, 2.05) is 32.9 Å². The van der Waals surface area contributed by atoms with Gasteiger partial charge in [0.1, 0.15) is 0 Å². The monoisotopic (exact) mass is 500 g/mol. The first-order valence-electron chi connectivity index (χ1n) is 10.2. The van der Waals surface area contributed by atoms with Crippen molar-refractivity contribution in [1.29, 1.82) is 0 Å². The summed E-state index contributed by atoms with van der Waals surface area (Å²) >= 11 is 18.4. The SMILES string of the molecule is CCCCP(=O)(C(=O)c1c(C)cc(C(C)(C)C)cc1C)C(=O)c1c(Cl)cc(Cl)cc1Cl. The molecule has 0 saturated heterocycles. The van der Waals surface area contributed by atoms with Crippen LogP contribution in [0.2, 0.25) is 15.1 Å². The molecular formula is C24H28Cl3O3P. The van der Waals surface area contributed by atoms with E-state index >= 15 is 0 Å². The minimum absolute atomic E-state index is 0.0106. The second-order valence-corrected chi connectivity index (χ2v) is 12.9. The third-order valence-corrected chi connectivity index (χ3v) is 8.84. The zero-order valence-corrected chi connectivity index (χ0v) is 21.9. The van der Waals surface area contributed by atoms with Crippen LogP contribution in [0.1, 0.15) is 77.9 Å². The molecule has 3 nitrogen and oxygen atoms in total. The van der Waals surface area contributed by atoms with Gasteiger partial charge in [-0.2, -0.15) is 0 Å². The molecule has 0 radical (unpaired) electrons. The number of carbonyl (C=O) groups excluding carboxylic acids is 2. The number of rotatable bonds is 7. The maximum atomic E-state index is 14.1. The molecule has 2 rings (SSSR count). The van der Waals surface area contributed by atoms with Crippen LogP contribution in [-0.2, 0) is 9.98 Å². The van der Waals surface area contributed by atoms with Crippen LogP contribution in [0.3, 0.4) is 0 Å². The number of carbonyl (C=O) groups is 2. The lowest BCUT2D eigenvalue weighted by molar-refractivity contribution is 0.103. The van der Waals surface area contributed by atoms with Gasteiger partial charge in [0.15, 0.2) is 0 Å². The molecule has 0 bridgehead atoms. The third kappa shape index (κ3) is 5.45. The minimum Gasteiger partial charge on any atom is -0.307 e. The molecule has 0 N–H and O–H groups in total. The van der Waals surface area contributed by atoms with E-state index in [1.165, 1.54) is 12.1 Å². The average Bonchev–Trinajstić information content (AvgIpc) is 2.63. The summed E-state index contributed by atoms with van der Waals surface area (Å²) in [7, 11) is -4.03. The molecule has 2 aromatic rings. The Balaban J connectivity index is 2.68. The van der Waals surface area contributed by atoms with Crippen molar-refractivity contribution in [3.8, 4) is 0 Å². The number of aryl methyl sites for hydroxylation is 2. The van der Waals surface area contributed by atoms with Crippen LogP contribution in [0, 0.1) is 13.8 Å². The normalized spacial score (nSPS) is 13.7. The lowest BCUT2D eigenvalue weighted by Crippen LogP contribution is -2.18. The van der Waals surface area contributed by atoms with Crippen molar-refractivity contribution in [2.45, 2.75) is 59.8 Å². The van der Waals surface area contributed by atoms with Crippen LogP contribution >= 0.6 is 41.9 Å². The Morgan fingerprint density at radius 2 is 1.32 bits per heavy atom. The Labute approximate surface area is 199 Å². The molecule has 2 aromatic carbocycles. The first kappa shape index (κ1) is 26.1. The Hall–Kier alpha value is -1.12. The number of benzene rings is 2. The fraction of sp³-hybridized carbons (Fsp3) is 0.417. The molecule has 1 atom stereocenters. The van der Waals surface area contributed by atoms with E-state index in [0.29, 0.717) is 29.5 Å². The number of unbranched alkanes of at least 4 members (excludes halogenated alkanes) is 1. The highest BCUT2D eigenvalue weighted by molar-refractivity contribution is 7.95. The van der Waals surface area contributed by atoms with Gasteiger partial charge in [-0.1, -0.05) is 81.1 Å². The molecule has 0 heterocycles. The van der Waals surface area contributed by atoms with Gasteiger partial charge in [0.05, 0.1) is 15.6 Å². The van der Waals surface area contributed by atoms with Gasteiger partial charge in [-0.25, -0.2) is 0 Å². The van der Waals surface area contributed by atoms with Crippen LogP contribution in [0.5, 0.6) is 0 Å². The summed E-state index contributed by atoms with van der Waals surface area (Å²) < 4.78 is 14.1. The lowest BCUT2D eigenvalue weighted by atomic mass is 9.84. The van der Waals surface area contributed by atoms with Gasteiger partial charge in [-0.3, -0.25) is 9.59 Å². The molecule has 7 heteroatoms. The Kier molecular flexibility index (Phi) is 8.26. The summed E-state index contributed by atoms with van der Waals surface area (Å²) in [6.45, 7) is 11.8. The van der Waals surface area contributed by atoms with Crippen molar-refractivity contribution in [2.75, 3.05) is 6.16 Å². The van der Waals surface area contributed by atoms with Crippen molar-refractivity contribution < 1.29 is 14.2 Å². The van der Waals surface area contributed by atoms with Crippen LogP contribution in [0.4, 0.5) is 0 Å². The first-order valence-corrected chi connectivity index (χ1v) is 13.2. The van der Waals surface area contributed by atoms with Crippen molar-refractivity contribution >= 4 is 53.0 Å². The first-order chi connectivity index (χ1) is 14.2. The molecule has 0 aliphatic rings. The van der Waals surface area contributed by atoms with Gasteiger partial charge < -0.3 is 4.57 Å². The number of halogens is 3. The summed E-state index contributed by atoms with van der Waals surface area (Å²) in [4.78, 5) is 27.2. The summed E-state index contributed by atoms with van der Waals surface area (Å²) in [6.07, 6.45) is 1.12. The summed E-state index contributed by atoms with van der Waals surface area (Å²) in [5, 5.41) is 0.234. The van der Waals surface area contributed by atoms with E-state index in [9.17, 15) is 14.2 Å². The molecule has 31 heavy (non-hydrogen) atoms. The van der Waals surface area contributed by atoms with E-state index in [2.05, 4.69) is 20.8 Å². The maximum absolute atomic E-state index is 14.1. The van der Waals surface area contributed by atoms with Crippen molar-refractivity contribution in [2.24, 2.45) is 0 Å². The largest absolute Gasteiger partial charge is 0.307 e. The highest BCUT2D eigenvalue weighted by Gasteiger charge is 2.43. The predicted molar refractivity (Wildman–Crippen MR) is 132 cm³/mol. The molecule has 168 valence electrons. The van der Waals surface area contributed by atoms with E-state index in [0.717, 1.165) is 5.56 Å². The van der Waals surface area contributed by atoms with Crippen molar-refractivity contribution in [3.63, 3.8) is 0 Å². The minimum atomic E-state index is -4.03. The summed E-state index contributed by atoms with van der Waals surface area (Å²) in [6, 6.07) is 6.59. The van der Waals surface area contributed by atoms with Crippen molar-refractivity contribution in [1.82, 2.24) is 0 Å². The van der Waals surface area contributed by atoms with Gasteiger partial charge in [0.25, 0.3) is 0 Å². The predicted octanol–water partition coefficient (Wildman–Crippen LogP) is 8.70. The Bertz CT molecular complexity index is 1040. The van der Waals surface area contributed by atoms with Gasteiger partial charge >= 0.3 is 0 Å².